The molecule has 0 radical (unpaired) electrons. The number of hydrogen-bond donors (Lipinski definition) is 1. The highest BCUT2D eigenvalue weighted by atomic mass is 32.2. The Morgan fingerprint density at radius 3 is 2.47 bits per heavy atom. The van der Waals surface area contributed by atoms with Crippen LogP contribution in [-0.4, -0.2) is 31.1 Å². The summed E-state index contributed by atoms with van der Waals surface area (Å²) < 4.78 is 0. The average Bonchev–Trinajstić information content (AvgIpc) is 2.16. The monoisotopic (exact) mass is 222 g/mol. The topological polar surface area (TPSA) is 29.3 Å². The summed E-state index contributed by atoms with van der Waals surface area (Å²) in [6.07, 6.45) is 0.975. The molecule has 0 aromatic heterocycles. The van der Waals surface area contributed by atoms with E-state index in [2.05, 4.69) is 36.2 Å². The van der Waals surface area contributed by atoms with Crippen LogP contribution in [0.15, 0.2) is 24.3 Å². The lowest BCUT2D eigenvalue weighted by Crippen LogP contribution is -2.41. The maximum absolute atomic E-state index is 5.52. The molecule has 1 heterocycles. The zero-order valence-electron chi connectivity index (χ0n) is 9.15. The lowest BCUT2D eigenvalue weighted by Gasteiger charge is -2.35. The van der Waals surface area contributed by atoms with Gasteiger partial charge < -0.3 is 10.6 Å². The minimum absolute atomic E-state index is 0.731. The summed E-state index contributed by atoms with van der Waals surface area (Å²) in [7, 11) is 2.18. The molecule has 0 saturated carbocycles. The number of nitrogens with zero attached hydrogens (tertiary/aromatic N) is 1. The van der Waals surface area contributed by atoms with E-state index in [1.165, 1.54) is 22.8 Å². The van der Waals surface area contributed by atoms with Gasteiger partial charge in [0.1, 0.15) is 0 Å². The van der Waals surface area contributed by atoms with Crippen LogP contribution in [0.25, 0.3) is 0 Å². The zero-order chi connectivity index (χ0) is 10.7. The first-order valence-corrected chi connectivity index (χ1v) is 6.56. The highest BCUT2D eigenvalue weighted by molar-refractivity contribution is 8.00. The van der Waals surface area contributed by atoms with Crippen molar-refractivity contribution in [3.05, 3.63) is 29.8 Å². The summed E-state index contributed by atoms with van der Waals surface area (Å²) in [5.74, 6) is 2.53. The van der Waals surface area contributed by atoms with E-state index in [-0.39, 0.29) is 0 Å². The molecule has 82 valence electrons. The molecule has 1 aromatic rings. The van der Waals surface area contributed by atoms with Crippen LogP contribution in [0.5, 0.6) is 0 Å². The van der Waals surface area contributed by atoms with E-state index in [1.54, 1.807) is 0 Å². The smallest absolute Gasteiger partial charge is 0.0467 e. The van der Waals surface area contributed by atoms with Gasteiger partial charge >= 0.3 is 0 Å². The van der Waals surface area contributed by atoms with Crippen LogP contribution in [0.4, 0.5) is 5.69 Å². The SMILES string of the molecule is CN(c1ccc(CCN)cc1)C1CSC1. The van der Waals surface area contributed by atoms with Crippen molar-refractivity contribution in [1.82, 2.24) is 0 Å². The van der Waals surface area contributed by atoms with Crippen molar-refractivity contribution < 1.29 is 0 Å². The molecule has 1 fully saturated rings. The Morgan fingerprint density at radius 1 is 1.33 bits per heavy atom. The standard InChI is InChI=1S/C12H18N2S/c1-14(12-8-15-9-12)11-4-2-10(3-5-11)6-7-13/h2-5,12H,6-9,13H2,1H3. The highest BCUT2D eigenvalue weighted by Crippen LogP contribution is 2.26. The first-order chi connectivity index (χ1) is 7.31. The van der Waals surface area contributed by atoms with E-state index < -0.39 is 0 Å². The molecule has 0 spiro atoms. The van der Waals surface area contributed by atoms with Gasteiger partial charge in [0.25, 0.3) is 0 Å². The van der Waals surface area contributed by atoms with Gasteiger partial charge in [-0.25, -0.2) is 0 Å². The quantitative estimate of drug-likeness (QED) is 0.841. The molecule has 2 nitrogen and oxygen atoms in total. The molecule has 0 amide bonds. The fourth-order valence-electron chi connectivity index (χ4n) is 1.72. The van der Waals surface area contributed by atoms with E-state index in [4.69, 9.17) is 5.73 Å². The van der Waals surface area contributed by atoms with Crippen LogP contribution in [0.1, 0.15) is 5.56 Å². The number of rotatable bonds is 4. The maximum atomic E-state index is 5.52. The summed E-state index contributed by atoms with van der Waals surface area (Å²) in [5.41, 5.74) is 8.18. The minimum atomic E-state index is 0.731. The minimum Gasteiger partial charge on any atom is -0.370 e. The summed E-state index contributed by atoms with van der Waals surface area (Å²) in [5, 5.41) is 0. The second kappa shape index (κ2) is 4.90. The second-order valence-electron chi connectivity index (χ2n) is 4.01. The Morgan fingerprint density at radius 2 is 2.00 bits per heavy atom. The second-order valence-corrected chi connectivity index (χ2v) is 5.08. The Kier molecular flexibility index (Phi) is 3.54. The Balaban J connectivity index is 2.02. The van der Waals surface area contributed by atoms with Gasteiger partial charge in [0, 0.05) is 30.3 Å². The molecule has 2 N–H and O–H groups in total. The van der Waals surface area contributed by atoms with Gasteiger partial charge in [-0.3, -0.25) is 0 Å². The first-order valence-electron chi connectivity index (χ1n) is 5.41. The third-order valence-corrected chi connectivity index (χ3v) is 4.19. The summed E-state index contributed by atoms with van der Waals surface area (Å²) >= 11 is 2.02. The van der Waals surface area contributed by atoms with Gasteiger partial charge in [0.05, 0.1) is 0 Å². The van der Waals surface area contributed by atoms with E-state index in [9.17, 15) is 0 Å². The van der Waals surface area contributed by atoms with Crippen molar-refractivity contribution in [2.24, 2.45) is 5.73 Å². The van der Waals surface area contributed by atoms with Crippen molar-refractivity contribution >= 4 is 17.4 Å². The molecule has 15 heavy (non-hydrogen) atoms. The zero-order valence-corrected chi connectivity index (χ0v) is 9.96. The number of hydrogen-bond acceptors (Lipinski definition) is 3. The van der Waals surface area contributed by atoms with Crippen LogP contribution >= 0.6 is 11.8 Å². The fraction of sp³-hybridized carbons (Fsp3) is 0.500. The third-order valence-electron chi connectivity index (χ3n) is 2.94. The molecule has 2 rings (SSSR count). The molecule has 0 aliphatic carbocycles. The Bertz CT molecular complexity index is 306. The molecule has 1 aromatic carbocycles. The molecule has 1 aliphatic heterocycles. The average molecular weight is 222 g/mol. The van der Waals surface area contributed by atoms with Crippen LogP contribution in [0.2, 0.25) is 0 Å². The molecule has 3 heteroatoms. The normalized spacial score (nSPS) is 16.1. The predicted octanol–water partition coefficient (Wildman–Crippen LogP) is 1.74. The van der Waals surface area contributed by atoms with Gasteiger partial charge in [-0.05, 0) is 30.7 Å². The summed E-state index contributed by atoms with van der Waals surface area (Å²) in [6.45, 7) is 0.731. The molecule has 1 aliphatic rings. The largest absolute Gasteiger partial charge is 0.370 e. The molecule has 0 bridgehead atoms. The van der Waals surface area contributed by atoms with Gasteiger partial charge in [-0.15, -0.1) is 0 Å². The molecule has 0 unspecified atom stereocenters. The van der Waals surface area contributed by atoms with Crippen molar-refractivity contribution in [3.63, 3.8) is 0 Å². The van der Waals surface area contributed by atoms with Crippen LogP contribution in [0.3, 0.4) is 0 Å². The van der Waals surface area contributed by atoms with Crippen molar-refractivity contribution in [1.29, 1.82) is 0 Å². The van der Waals surface area contributed by atoms with Crippen molar-refractivity contribution in [2.75, 3.05) is 30.0 Å². The van der Waals surface area contributed by atoms with Gasteiger partial charge in [0.2, 0.25) is 0 Å². The highest BCUT2D eigenvalue weighted by Gasteiger charge is 2.22. The predicted molar refractivity (Wildman–Crippen MR) is 68.7 cm³/mol. The van der Waals surface area contributed by atoms with Gasteiger partial charge in [-0.1, -0.05) is 12.1 Å². The number of thioether (sulfide) groups is 1. The number of anilines is 1. The molecular formula is C12H18N2S. The number of benzene rings is 1. The van der Waals surface area contributed by atoms with Gasteiger partial charge in [-0.2, -0.15) is 11.8 Å². The van der Waals surface area contributed by atoms with Crippen LogP contribution in [-0.2, 0) is 6.42 Å². The van der Waals surface area contributed by atoms with E-state index in [1.807, 2.05) is 11.8 Å². The van der Waals surface area contributed by atoms with Crippen molar-refractivity contribution in [3.8, 4) is 0 Å². The number of nitrogens with two attached hydrogens (primary N) is 1. The van der Waals surface area contributed by atoms with Crippen LogP contribution < -0.4 is 10.6 Å². The molecule has 0 atom stereocenters. The Hall–Kier alpha value is -0.670. The summed E-state index contributed by atoms with van der Waals surface area (Å²) in [6, 6.07) is 9.51. The van der Waals surface area contributed by atoms with E-state index >= 15 is 0 Å². The lowest BCUT2D eigenvalue weighted by molar-refractivity contribution is 0.744. The van der Waals surface area contributed by atoms with E-state index in [0.717, 1.165) is 19.0 Å². The fourth-order valence-corrected chi connectivity index (χ4v) is 2.62. The Labute approximate surface area is 95.8 Å². The lowest BCUT2D eigenvalue weighted by atomic mass is 10.1. The van der Waals surface area contributed by atoms with Crippen molar-refractivity contribution in [2.45, 2.75) is 12.5 Å². The third kappa shape index (κ3) is 2.47. The molecular weight excluding hydrogens is 204 g/mol. The summed E-state index contributed by atoms with van der Waals surface area (Å²) in [4.78, 5) is 2.38. The van der Waals surface area contributed by atoms with E-state index in [0.29, 0.717) is 0 Å². The molecule has 1 saturated heterocycles. The maximum Gasteiger partial charge on any atom is 0.0467 e. The van der Waals surface area contributed by atoms with Crippen LogP contribution in [0, 0.1) is 0 Å². The van der Waals surface area contributed by atoms with Gasteiger partial charge in [0.15, 0.2) is 0 Å². The first kappa shape index (κ1) is 10.8.